The molecule has 0 spiro atoms. The second-order valence-corrected chi connectivity index (χ2v) is 7.18. The van der Waals surface area contributed by atoms with E-state index in [9.17, 15) is 8.42 Å². The number of nitrogen functional groups attached to an aromatic ring is 1. The van der Waals surface area contributed by atoms with Gasteiger partial charge in [-0.2, -0.15) is 4.31 Å². The van der Waals surface area contributed by atoms with Crippen LogP contribution < -0.4 is 5.73 Å². The van der Waals surface area contributed by atoms with Crippen LogP contribution >= 0.6 is 11.6 Å². The van der Waals surface area contributed by atoms with E-state index in [1.165, 1.54) is 16.4 Å². The number of rotatable bonds is 2. The number of piperazine rings is 1. The molecule has 1 atom stereocenters. The number of anilines is 1. The Morgan fingerprint density at radius 3 is 2.68 bits per heavy atom. The summed E-state index contributed by atoms with van der Waals surface area (Å²) in [5.74, 6) is 0. The number of nitrogens with two attached hydrogens (primary N) is 1. The molecule has 1 unspecified atom stereocenters. The van der Waals surface area contributed by atoms with Gasteiger partial charge in [0.05, 0.1) is 5.02 Å². The highest BCUT2D eigenvalue weighted by Gasteiger charge is 2.33. The van der Waals surface area contributed by atoms with Crippen LogP contribution in [0.2, 0.25) is 5.02 Å². The molecule has 1 aliphatic rings. The van der Waals surface area contributed by atoms with Gasteiger partial charge in [-0.15, -0.1) is 0 Å². The maximum Gasteiger partial charge on any atom is 0.244 e. The third-order valence-electron chi connectivity index (χ3n) is 3.31. The molecule has 1 fully saturated rings. The fraction of sp³-hybridized carbons (Fsp3) is 0.500. The van der Waals surface area contributed by atoms with Gasteiger partial charge in [0.15, 0.2) is 0 Å². The first-order valence-corrected chi connectivity index (χ1v) is 7.89. The molecule has 0 aliphatic carbocycles. The molecule has 1 saturated heterocycles. The van der Waals surface area contributed by atoms with Gasteiger partial charge in [0, 0.05) is 31.4 Å². The van der Waals surface area contributed by atoms with E-state index in [0.717, 1.165) is 0 Å². The average molecular weight is 304 g/mol. The van der Waals surface area contributed by atoms with Crippen molar-refractivity contribution in [3.8, 4) is 0 Å². The highest BCUT2D eigenvalue weighted by Crippen LogP contribution is 2.28. The lowest BCUT2D eigenvalue weighted by Gasteiger charge is -2.37. The molecule has 2 N–H and O–H groups in total. The topological polar surface area (TPSA) is 66.6 Å². The summed E-state index contributed by atoms with van der Waals surface area (Å²) in [6.45, 7) is 3.78. The Morgan fingerprint density at radius 1 is 1.37 bits per heavy atom. The van der Waals surface area contributed by atoms with Crippen LogP contribution in [0, 0.1) is 0 Å². The van der Waals surface area contributed by atoms with Crippen molar-refractivity contribution in [2.24, 2.45) is 0 Å². The monoisotopic (exact) mass is 303 g/mol. The van der Waals surface area contributed by atoms with Gasteiger partial charge in [0.1, 0.15) is 4.90 Å². The van der Waals surface area contributed by atoms with E-state index in [1.807, 2.05) is 14.0 Å². The first-order chi connectivity index (χ1) is 8.82. The summed E-state index contributed by atoms with van der Waals surface area (Å²) in [5, 5.41) is 0.209. The van der Waals surface area contributed by atoms with Crippen molar-refractivity contribution in [1.82, 2.24) is 9.21 Å². The van der Waals surface area contributed by atoms with Crippen molar-refractivity contribution in [2.75, 3.05) is 32.4 Å². The molecule has 1 aromatic carbocycles. The molecule has 0 bridgehead atoms. The lowest BCUT2D eigenvalue weighted by Crippen LogP contribution is -2.52. The molecule has 1 aromatic rings. The van der Waals surface area contributed by atoms with E-state index in [2.05, 4.69) is 4.90 Å². The summed E-state index contributed by atoms with van der Waals surface area (Å²) in [6, 6.07) is 4.45. The van der Waals surface area contributed by atoms with Gasteiger partial charge in [-0.3, -0.25) is 0 Å². The van der Waals surface area contributed by atoms with Crippen LogP contribution in [0.3, 0.4) is 0 Å². The SMILES string of the molecule is CC1CN(C)CCN1S(=O)(=O)c1cc(N)ccc1Cl. The first kappa shape index (κ1) is 14.6. The fourth-order valence-electron chi connectivity index (χ4n) is 2.32. The number of halogens is 1. The van der Waals surface area contributed by atoms with Gasteiger partial charge in [-0.1, -0.05) is 11.6 Å². The number of hydrogen-bond donors (Lipinski definition) is 1. The van der Waals surface area contributed by atoms with E-state index in [1.54, 1.807) is 6.07 Å². The van der Waals surface area contributed by atoms with Gasteiger partial charge >= 0.3 is 0 Å². The van der Waals surface area contributed by atoms with E-state index in [4.69, 9.17) is 17.3 Å². The van der Waals surface area contributed by atoms with E-state index >= 15 is 0 Å². The molecule has 5 nitrogen and oxygen atoms in total. The van der Waals surface area contributed by atoms with Gasteiger partial charge < -0.3 is 10.6 Å². The number of hydrogen-bond acceptors (Lipinski definition) is 4. The normalized spacial score (nSPS) is 22.6. The maximum absolute atomic E-state index is 12.6. The second-order valence-electron chi connectivity index (χ2n) is 4.92. The van der Waals surface area contributed by atoms with Crippen molar-refractivity contribution < 1.29 is 8.42 Å². The molecule has 0 saturated carbocycles. The molecule has 0 radical (unpaired) electrons. The van der Waals surface area contributed by atoms with Crippen molar-refractivity contribution in [3.63, 3.8) is 0 Å². The average Bonchev–Trinajstić information content (AvgIpc) is 2.31. The number of benzene rings is 1. The van der Waals surface area contributed by atoms with Crippen molar-refractivity contribution in [3.05, 3.63) is 23.2 Å². The second kappa shape index (κ2) is 5.28. The van der Waals surface area contributed by atoms with Crippen LogP contribution in [0.4, 0.5) is 5.69 Å². The van der Waals surface area contributed by atoms with Crippen molar-refractivity contribution in [1.29, 1.82) is 0 Å². The highest BCUT2D eigenvalue weighted by atomic mass is 35.5. The lowest BCUT2D eigenvalue weighted by molar-refractivity contribution is 0.170. The van der Waals surface area contributed by atoms with Crippen molar-refractivity contribution >= 4 is 27.3 Å². The molecule has 1 aliphatic heterocycles. The fourth-order valence-corrected chi connectivity index (χ4v) is 4.45. The Kier molecular flexibility index (Phi) is 4.06. The van der Waals surface area contributed by atoms with Gasteiger partial charge in [0.2, 0.25) is 10.0 Å². The standard InChI is InChI=1S/C12H18ClN3O2S/c1-9-8-15(2)5-6-16(9)19(17,18)12-7-10(14)3-4-11(12)13/h3-4,7,9H,5-6,8,14H2,1-2H3. The van der Waals surface area contributed by atoms with E-state index in [0.29, 0.717) is 25.3 Å². The van der Waals surface area contributed by atoms with E-state index in [-0.39, 0.29) is 16.0 Å². The first-order valence-electron chi connectivity index (χ1n) is 6.08. The van der Waals surface area contributed by atoms with Crippen LogP contribution in [0.15, 0.2) is 23.1 Å². The Balaban J connectivity index is 2.39. The molecule has 19 heavy (non-hydrogen) atoms. The zero-order valence-corrected chi connectivity index (χ0v) is 12.6. The van der Waals surface area contributed by atoms with Crippen LogP contribution in [0.1, 0.15) is 6.92 Å². The third-order valence-corrected chi connectivity index (χ3v) is 5.81. The highest BCUT2D eigenvalue weighted by molar-refractivity contribution is 7.89. The van der Waals surface area contributed by atoms with Crippen LogP contribution in [0.5, 0.6) is 0 Å². The third kappa shape index (κ3) is 2.86. The minimum atomic E-state index is -3.59. The maximum atomic E-state index is 12.6. The molecule has 2 rings (SSSR count). The van der Waals surface area contributed by atoms with Gasteiger partial charge in [-0.25, -0.2) is 8.42 Å². The van der Waals surface area contributed by atoms with Crippen molar-refractivity contribution in [2.45, 2.75) is 17.9 Å². The summed E-state index contributed by atoms with van der Waals surface area (Å²) < 4.78 is 26.8. The Morgan fingerprint density at radius 2 is 2.05 bits per heavy atom. The molecule has 0 amide bonds. The summed E-state index contributed by atoms with van der Waals surface area (Å²) in [6.07, 6.45) is 0. The molecular weight excluding hydrogens is 286 g/mol. The van der Waals surface area contributed by atoms with E-state index < -0.39 is 10.0 Å². The molecule has 1 heterocycles. The largest absolute Gasteiger partial charge is 0.399 e. The van der Waals surface area contributed by atoms with Crippen LogP contribution in [-0.2, 0) is 10.0 Å². The number of likely N-dealkylation sites (N-methyl/N-ethyl adjacent to an activating group) is 1. The summed E-state index contributed by atoms with van der Waals surface area (Å²) in [5.41, 5.74) is 6.05. The molecule has 7 heteroatoms. The summed E-state index contributed by atoms with van der Waals surface area (Å²) in [4.78, 5) is 2.20. The molecular formula is C12H18ClN3O2S. The number of sulfonamides is 1. The van der Waals surface area contributed by atoms with Gasteiger partial charge in [0.25, 0.3) is 0 Å². The minimum Gasteiger partial charge on any atom is -0.399 e. The predicted molar refractivity (Wildman–Crippen MR) is 76.7 cm³/mol. The smallest absolute Gasteiger partial charge is 0.244 e. The quantitative estimate of drug-likeness (QED) is 0.835. The van der Waals surface area contributed by atoms with Gasteiger partial charge in [-0.05, 0) is 32.2 Å². The summed E-state index contributed by atoms with van der Waals surface area (Å²) in [7, 11) is -1.61. The zero-order valence-electron chi connectivity index (χ0n) is 11.0. The van der Waals surface area contributed by atoms with Crippen LogP contribution in [-0.4, -0.2) is 50.3 Å². The van der Waals surface area contributed by atoms with Crippen LogP contribution in [0.25, 0.3) is 0 Å². The number of nitrogens with zero attached hydrogens (tertiary/aromatic N) is 2. The predicted octanol–water partition coefficient (Wildman–Crippen LogP) is 1.25. The Labute approximate surface area is 119 Å². The zero-order chi connectivity index (χ0) is 14.2. The Bertz CT molecular complexity index is 576. The molecule has 106 valence electrons. The summed E-state index contributed by atoms with van der Waals surface area (Å²) >= 11 is 6.00. The Hall–Kier alpha value is -0.820. The lowest BCUT2D eigenvalue weighted by atomic mass is 10.2. The molecule has 0 aromatic heterocycles. The minimum absolute atomic E-state index is 0.0822.